The lowest BCUT2D eigenvalue weighted by Crippen LogP contribution is -2.15. The van der Waals surface area contributed by atoms with Gasteiger partial charge in [0.05, 0.1) is 11.3 Å². The van der Waals surface area contributed by atoms with Crippen LogP contribution in [0, 0.1) is 5.82 Å². The third kappa shape index (κ3) is 2.39. The van der Waals surface area contributed by atoms with Gasteiger partial charge in [0.15, 0.2) is 5.82 Å². The molecule has 0 bridgehead atoms. The summed E-state index contributed by atoms with van der Waals surface area (Å²) >= 11 is 0. The number of carboxylic acid groups (broad SMARTS) is 1. The van der Waals surface area contributed by atoms with Gasteiger partial charge in [-0.25, -0.2) is 18.9 Å². The monoisotopic (exact) mass is 299 g/mol. The highest BCUT2D eigenvalue weighted by atomic mass is 19.1. The van der Waals surface area contributed by atoms with Crippen molar-refractivity contribution in [3.8, 4) is 17.1 Å². The molecule has 7 heteroatoms. The van der Waals surface area contributed by atoms with Gasteiger partial charge >= 0.3 is 5.97 Å². The first kappa shape index (κ1) is 13.7. The van der Waals surface area contributed by atoms with Gasteiger partial charge in [0.2, 0.25) is 0 Å². The first-order valence-electron chi connectivity index (χ1n) is 6.33. The zero-order chi connectivity index (χ0) is 15.7. The second kappa shape index (κ2) is 5.28. The Bertz CT molecular complexity index is 914. The predicted octanol–water partition coefficient (Wildman–Crippen LogP) is 2.06. The predicted molar refractivity (Wildman–Crippen MR) is 76.5 cm³/mol. The van der Waals surface area contributed by atoms with E-state index in [2.05, 4.69) is 10.1 Å². The Morgan fingerprint density at radius 3 is 2.73 bits per heavy atom. The third-order valence-corrected chi connectivity index (χ3v) is 3.11. The van der Waals surface area contributed by atoms with Crippen LogP contribution in [0.15, 0.2) is 53.5 Å². The van der Waals surface area contributed by atoms with E-state index in [0.29, 0.717) is 0 Å². The van der Waals surface area contributed by atoms with Crippen LogP contribution in [0.1, 0.15) is 10.4 Å². The van der Waals surface area contributed by atoms with Crippen LogP contribution >= 0.6 is 0 Å². The average Bonchev–Trinajstić information content (AvgIpc) is 2.89. The molecule has 2 aromatic heterocycles. The molecule has 2 N–H and O–H groups in total. The van der Waals surface area contributed by atoms with E-state index in [4.69, 9.17) is 5.11 Å². The van der Waals surface area contributed by atoms with E-state index >= 15 is 0 Å². The van der Waals surface area contributed by atoms with E-state index in [0.717, 1.165) is 4.68 Å². The van der Waals surface area contributed by atoms with E-state index < -0.39 is 17.3 Å². The summed E-state index contributed by atoms with van der Waals surface area (Å²) in [5.74, 6) is -1.48. The van der Waals surface area contributed by atoms with Gasteiger partial charge < -0.3 is 5.11 Å². The maximum Gasteiger partial charge on any atom is 0.335 e. The van der Waals surface area contributed by atoms with Crippen molar-refractivity contribution in [2.24, 2.45) is 0 Å². The Labute approximate surface area is 123 Å². The van der Waals surface area contributed by atoms with Gasteiger partial charge in [0.1, 0.15) is 5.82 Å². The molecule has 3 aromatic rings. The summed E-state index contributed by atoms with van der Waals surface area (Å²) in [4.78, 5) is 27.0. The smallest absolute Gasteiger partial charge is 0.335 e. The number of aromatic carboxylic acids is 1. The molecule has 3 rings (SSSR count). The topological polar surface area (TPSA) is 88.0 Å². The van der Waals surface area contributed by atoms with Gasteiger partial charge in [0.25, 0.3) is 5.56 Å². The minimum atomic E-state index is -1.13. The molecule has 110 valence electrons. The highest BCUT2D eigenvalue weighted by Crippen LogP contribution is 2.19. The summed E-state index contributed by atoms with van der Waals surface area (Å²) < 4.78 is 14.8. The molecule has 0 spiro atoms. The van der Waals surface area contributed by atoms with E-state index in [1.165, 1.54) is 36.5 Å². The highest BCUT2D eigenvalue weighted by molar-refractivity contribution is 5.87. The molecule has 1 aromatic carbocycles. The number of nitrogens with zero attached hydrogens (tertiary/aromatic N) is 2. The summed E-state index contributed by atoms with van der Waals surface area (Å²) in [6.07, 6.45) is 1.29. The molecule has 0 amide bonds. The lowest BCUT2D eigenvalue weighted by atomic mass is 10.1. The second-order valence-electron chi connectivity index (χ2n) is 4.53. The number of aromatic nitrogens is 3. The lowest BCUT2D eigenvalue weighted by molar-refractivity contribution is 0.0696. The quantitative estimate of drug-likeness (QED) is 0.775. The van der Waals surface area contributed by atoms with Crippen LogP contribution in [0.2, 0.25) is 0 Å². The molecule has 0 unspecified atom stereocenters. The fourth-order valence-electron chi connectivity index (χ4n) is 2.06. The zero-order valence-electron chi connectivity index (χ0n) is 11.2. The minimum absolute atomic E-state index is 0.000980. The Kier molecular flexibility index (Phi) is 3.30. The minimum Gasteiger partial charge on any atom is -0.478 e. The molecule has 0 radical (unpaired) electrons. The van der Waals surface area contributed by atoms with Crippen LogP contribution in [0.25, 0.3) is 17.1 Å². The number of aromatic amines is 1. The van der Waals surface area contributed by atoms with E-state index in [-0.39, 0.29) is 22.6 Å². The van der Waals surface area contributed by atoms with Crippen LogP contribution in [-0.4, -0.2) is 25.8 Å². The largest absolute Gasteiger partial charge is 0.478 e. The van der Waals surface area contributed by atoms with Gasteiger partial charge in [-0.1, -0.05) is 12.1 Å². The van der Waals surface area contributed by atoms with Crippen LogP contribution in [0.5, 0.6) is 0 Å². The Hall–Kier alpha value is -3.22. The number of nitrogens with one attached hydrogen (secondary N) is 1. The number of halogens is 1. The van der Waals surface area contributed by atoms with Crippen molar-refractivity contribution >= 4 is 5.97 Å². The number of benzene rings is 1. The van der Waals surface area contributed by atoms with Crippen molar-refractivity contribution in [1.29, 1.82) is 0 Å². The molecule has 2 heterocycles. The first-order valence-corrected chi connectivity index (χ1v) is 6.33. The number of H-pyrrole nitrogens is 1. The third-order valence-electron chi connectivity index (χ3n) is 3.11. The molecular formula is C15H10FN3O3. The van der Waals surface area contributed by atoms with Crippen LogP contribution in [0.3, 0.4) is 0 Å². The van der Waals surface area contributed by atoms with Crippen LogP contribution in [-0.2, 0) is 0 Å². The molecule has 22 heavy (non-hydrogen) atoms. The maximum atomic E-state index is 13.8. The number of pyridine rings is 1. The summed E-state index contributed by atoms with van der Waals surface area (Å²) in [7, 11) is 0. The van der Waals surface area contributed by atoms with Crippen molar-refractivity contribution in [3.63, 3.8) is 0 Å². The number of hydrogen-bond acceptors (Lipinski definition) is 3. The lowest BCUT2D eigenvalue weighted by Gasteiger charge is -2.03. The Morgan fingerprint density at radius 1 is 1.23 bits per heavy atom. The molecule has 0 aliphatic rings. The fourth-order valence-corrected chi connectivity index (χ4v) is 2.06. The molecule has 0 atom stereocenters. The molecule has 0 aliphatic heterocycles. The van der Waals surface area contributed by atoms with Crippen LogP contribution in [0.4, 0.5) is 4.39 Å². The summed E-state index contributed by atoms with van der Waals surface area (Å²) in [6.45, 7) is 0. The summed E-state index contributed by atoms with van der Waals surface area (Å²) in [6, 6.07) is 9.82. The van der Waals surface area contributed by atoms with Gasteiger partial charge in [-0.05, 0) is 24.3 Å². The van der Waals surface area contributed by atoms with Gasteiger partial charge in [-0.15, -0.1) is 0 Å². The van der Waals surface area contributed by atoms with Crippen molar-refractivity contribution in [2.75, 3.05) is 0 Å². The van der Waals surface area contributed by atoms with Gasteiger partial charge in [0, 0.05) is 17.8 Å². The highest BCUT2D eigenvalue weighted by Gasteiger charge is 2.12. The normalized spacial score (nSPS) is 10.6. The number of hydrogen-bond donors (Lipinski definition) is 2. The van der Waals surface area contributed by atoms with Crippen molar-refractivity contribution in [1.82, 2.24) is 14.8 Å². The number of rotatable bonds is 3. The molecule has 0 saturated heterocycles. The van der Waals surface area contributed by atoms with Crippen molar-refractivity contribution < 1.29 is 14.3 Å². The maximum absolute atomic E-state index is 13.8. The van der Waals surface area contributed by atoms with Crippen molar-refractivity contribution in [3.05, 3.63) is 70.4 Å². The van der Waals surface area contributed by atoms with E-state index in [9.17, 15) is 14.0 Å². The van der Waals surface area contributed by atoms with Gasteiger partial charge in [-0.2, -0.15) is 0 Å². The number of carboxylic acids is 1. The molecule has 0 aliphatic carbocycles. The zero-order valence-corrected chi connectivity index (χ0v) is 11.2. The van der Waals surface area contributed by atoms with E-state index in [1.807, 2.05) is 0 Å². The first-order chi connectivity index (χ1) is 10.6. The van der Waals surface area contributed by atoms with Gasteiger partial charge in [-0.3, -0.25) is 9.89 Å². The SMILES string of the molecule is O=C(O)c1ccnc(-n2[nH]c(-c3ccccc3F)cc2=O)c1. The summed E-state index contributed by atoms with van der Waals surface area (Å²) in [5, 5.41) is 11.7. The molecular weight excluding hydrogens is 289 g/mol. The average molecular weight is 299 g/mol. The Morgan fingerprint density at radius 2 is 2.00 bits per heavy atom. The molecule has 0 fully saturated rings. The van der Waals surface area contributed by atoms with E-state index in [1.54, 1.807) is 12.1 Å². The van der Waals surface area contributed by atoms with Crippen LogP contribution < -0.4 is 5.56 Å². The second-order valence-corrected chi connectivity index (χ2v) is 4.53. The molecule has 6 nitrogen and oxygen atoms in total. The van der Waals surface area contributed by atoms with Crippen molar-refractivity contribution in [2.45, 2.75) is 0 Å². The standard InChI is InChI=1S/C15H10FN3O3/c16-11-4-2-1-3-10(11)12-8-14(20)19(18-12)13-7-9(15(21)22)5-6-17-13/h1-8,18H,(H,21,22). The molecule has 0 saturated carbocycles. The Balaban J connectivity index is 2.11. The fraction of sp³-hybridized carbons (Fsp3) is 0. The number of carbonyl (C=O) groups is 1. The summed E-state index contributed by atoms with van der Waals surface area (Å²) in [5.41, 5.74) is 0.0607.